The number of benzene rings is 2. The Labute approximate surface area is 121 Å². The van der Waals surface area contributed by atoms with E-state index in [1.165, 1.54) is 31.4 Å². The van der Waals surface area contributed by atoms with E-state index in [1.54, 1.807) is 19.2 Å². The number of methoxy groups -OCH3 is 1. The summed E-state index contributed by atoms with van der Waals surface area (Å²) in [4.78, 5) is 11.4. The van der Waals surface area contributed by atoms with Crippen LogP contribution in [0.1, 0.15) is 15.9 Å². The summed E-state index contributed by atoms with van der Waals surface area (Å²) in [6, 6.07) is 8.54. The van der Waals surface area contributed by atoms with Crippen LogP contribution in [-0.4, -0.2) is 20.1 Å². The molecule has 0 fully saturated rings. The predicted octanol–water partition coefficient (Wildman–Crippen LogP) is 3.14. The van der Waals surface area contributed by atoms with E-state index in [9.17, 15) is 13.6 Å². The van der Waals surface area contributed by atoms with Crippen LogP contribution in [-0.2, 0) is 11.3 Å². The highest BCUT2D eigenvalue weighted by molar-refractivity contribution is 5.90. The first kappa shape index (κ1) is 15.1. The number of ether oxygens (including phenoxy) is 1. The summed E-state index contributed by atoms with van der Waals surface area (Å²) >= 11 is 0. The zero-order valence-electron chi connectivity index (χ0n) is 11.7. The maximum Gasteiger partial charge on any atom is 0.340 e. The molecule has 0 aliphatic rings. The highest BCUT2D eigenvalue weighted by Crippen LogP contribution is 2.26. The largest absolute Gasteiger partial charge is 0.465 e. The zero-order chi connectivity index (χ0) is 15.4. The third-order valence-corrected chi connectivity index (χ3v) is 3.12. The third-order valence-electron chi connectivity index (χ3n) is 3.12. The first-order chi connectivity index (χ1) is 10.1. The zero-order valence-corrected chi connectivity index (χ0v) is 11.7. The molecule has 0 aliphatic heterocycles. The summed E-state index contributed by atoms with van der Waals surface area (Å²) in [5.41, 5.74) is 1.87. The van der Waals surface area contributed by atoms with Crippen molar-refractivity contribution in [2.45, 2.75) is 6.54 Å². The fourth-order valence-electron chi connectivity index (χ4n) is 2.14. The number of halogens is 2. The Hall–Kier alpha value is -2.27. The Balaban J connectivity index is 2.48. The highest BCUT2D eigenvalue weighted by Gasteiger charge is 2.14. The van der Waals surface area contributed by atoms with Gasteiger partial charge in [-0.05, 0) is 48.0 Å². The second-order valence-electron chi connectivity index (χ2n) is 4.52. The number of esters is 1. The molecule has 0 atom stereocenters. The van der Waals surface area contributed by atoms with Crippen LogP contribution in [0.5, 0.6) is 0 Å². The Morgan fingerprint density at radius 1 is 1.19 bits per heavy atom. The van der Waals surface area contributed by atoms with Crippen LogP contribution in [0.4, 0.5) is 8.78 Å². The summed E-state index contributed by atoms with van der Waals surface area (Å²) in [6.45, 7) is 0.452. The van der Waals surface area contributed by atoms with Crippen LogP contribution in [0.3, 0.4) is 0 Å². The molecule has 0 radical (unpaired) electrons. The quantitative estimate of drug-likeness (QED) is 0.880. The van der Waals surface area contributed by atoms with Crippen LogP contribution < -0.4 is 5.32 Å². The molecule has 5 heteroatoms. The highest BCUT2D eigenvalue weighted by atomic mass is 19.1. The van der Waals surface area contributed by atoms with Gasteiger partial charge in [-0.3, -0.25) is 0 Å². The fourth-order valence-corrected chi connectivity index (χ4v) is 2.14. The SMILES string of the molecule is CNCc1cc(F)ccc1-c1ccc(C(=O)OC)c(F)c1. The van der Waals surface area contributed by atoms with Gasteiger partial charge in [0.1, 0.15) is 11.6 Å². The standard InChI is InChI=1S/C16H15F2NO2/c1-19-9-11-7-12(17)4-6-13(11)10-3-5-14(15(18)8-10)16(20)21-2/h3-8,19H,9H2,1-2H3. The van der Waals surface area contributed by atoms with Crippen molar-refractivity contribution in [3.8, 4) is 11.1 Å². The Kier molecular flexibility index (Phi) is 4.65. The average molecular weight is 291 g/mol. The van der Waals surface area contributed by atoms with Gasteiger partial charge in [-0.15, -0.1) is 0 Å². The molecule has 0 saturated heterocycles. The van der Waals surface area contributed by atoms with Crippen molar-refractivity contribution in [1.82, 2.24) is 5.32 Å². The molecular formula is C16H15F2NO2. The summed E-state index contributed by atoms with van der Waals surface area (Å²) in [5, 5.41) is 2.94. The van der Waals surface area contributed by atoms with E-state index >= 15 is 0 Å². The summed E-state index contributed by atoms with van der Waals surface area (Å²) in [5.74, 6) is -1.75. The lowest BCUT2D eigenvalue weighted by molar-refractivity contribution is 0.0595. The van der Waals surface area contributed by atoms with Crippen LogP contribution in [0.2, 0.25) is 0 Å². The van der Waals surface area contributed by atoms with E-state index in [2.05, 4.69) is 10.1 Å². The summed E-state index contributed by atoms with van der Waals surface area (Å²) in [6.07, 6.45) is 0. The van der Waals surface area contributed by atoms with Crippen molar-refractivity contribution in [3.63, 3.8) is 0 Å². The maximum absolute atomic E-state index is 14.0. The van der Waals surface area contributed by atoms with Crippen molar-refractivity contribution in [1.29, 1.82) is 0 Å². The topological polar surface area (TPSA) is 38.3 Å². The van der Waals surface area contributed by atoms with Crippen molar-refractivity contribution in [3.05, 3.63) is 59.2 Å². The van der Waals surface area contributed by atoms with Gasteiger partial charge in [-0.1, -0.05) is 12.1 Å². The molecule has 0 saturated carbocycles. The van der Waals surface area contributed by atoms with Gasteiger partial charge in [0.15, 0.2) is 0 Å². The van der Waals surface area contributed by atoms with Crippen molar-refractivity contribution < 1.29 is 18.3 Å². The van der Waals surface area contributed by atoms with Crippen molar-refractivity contribution >= 4 is 5.97 Å². The molecule has 0 amide bonds. The number of rotatable bonds is 4. The van der Waals surface area contributed by atoms with E-state index in [-0.39, 0.29) is 11.4 Å². The smallest absolute Gasteiger partial charge is 0.340 e. The first-order valence-electron chi connectivity index (χ1n) is 6.38. The maximum atomic E-state index is 14.0. The van der Waals surface area contributed by atoms with Crippen LogP contribution >= 0.6 is 0 Å². The lowest BCUT2D eigenvalue weighted by atomic mass is 9.98. The second kappa shape index (κ2) is 6.45. The van der Waals surface area contributed by atoms with Crippen molar-refractivity contribution in [2.24, 2.45) is 0 Å². The molecule has 1 N–H and O–H groups in total. The third kappa shape index (κ3) is 3.25. The molecule has 2 aromatic carbocycles. The number of carbonyl (C=O) groups excluding carboxylic acids is 1. The Morgan fingerprint density at radius 2 is 1.95 bits per heavy atom. The van der Waals surface area contributed by atoms with Gasteiger partial charge in [0.25, 0.3) is 0 Å². The molecule has 2 rings (SSSR count). The molecule has 21 heavy (non-hydrogen) atoms. The second-order valence-corrected chi connectivity index (χ2v) is 4.52. The minimum absolute atomic E-state index is 0.126. The lowest BCUT2D eigenvalue weighted by Gasteiger charge is -2.11. The first-order valence-corrected chi connectivity index (χ1v) is 6.38. The van der Waals surface area contributed by atoms with Crippen LogP contribution in [0.15, 0.2) is 36.4 Å². The van der Waals surface area contributed by atoms with Gasteiger partial charge < -0.3 is 10.1 Å². The predicted molar refractivity (Wildman–Crippen MR) is 75.9 cm³/mol. The molecule has 0 heterocycles. The number of nitrogens with one attached hydrogen (secondary N) is 1. The van der Waals surface area contributed by atoms with Gasteiger partial charge in [0.05, 0.1) is 12.7 Å². The summed E-state index contributed by atoms with van der Waals surface area (Å²) in [7, 11) is 2.94. The van der Waals surface area contributed by atoms with Gasteiger partial charge in [0, 0.05) is 6.54 Å². The van der Waals surface area contributed by atoms with E-state index in [1.807, 2.05) is 0 Å². The van der Waals surface area contributed by atoms with E-state index < -0.39 is 11.8 Å². The van der Waals surface area contributed by atoms with E-state index in [0.29, 0.717) is 23.2 Å². The molecule has 3 nitrogen and oxygen atoms in total. The molecule has 0 spiro atoms. The van der Waals surface area contributed by atoms with Gasteiger partial charge in [-0.2, -0.15) is 0 Å². The molecule has 0 bridgehead atoms. The molecule has 0 aromatic heterocycles. The normalized spacial score (nSPS) is 10.5. The molecule has 0 aliphatic carbocycles. The van der Waals surface area contributed by atoms with Crippen molar-refractivity contribution in [2.75, 3.05) is 14.2 Å². The van der Waals surface area contributed by atoms with Crippen LogP contribution in [0, 0.1) is 11.6 Å². The van der Waals surface area contributed by atoms with E-state index in [0.717, 1.165) is 0 Å². The fraction of sp³-hybridized carbons (Fsp3) is 0.188. The number of hydrogen-bond donors (Lipinski definition) is 1. The minimum Gasteiger partial charge on any atom is -0.465 e. The van der Waals surface area contributed by atoms with Gasteiger partial charge in [0.2, 0.25) is 0 Å². The number of carbonyl (C=O) groups is 1. The molecule has 0 unspecified atom stereocenters. The lowest BCUT2D eigenvalue weighted by Crippen LogP contribution is -2.07. The van der Waals surface area contributed by atoms with Gasteiger partial charge in [-0.25, -0.2) is 13.6 Å². The summed E-state index contributed by atoms with van der Waals surface area (Å²) < 4.78 is 31.8. The van der Waals surface area contributed by atoms with Crippen LogP contribution in [0.25, 0.3) is 11.1 Å². The Morgan fingerprint density at radius 3 is 2.57 bits per heavy atom. The van der Waals surface area contributed by atoms with Gasteiger partial charge >= 0.3 is 5.97 Å². The Bertz CT molecular complexity index is 671. The molecular weight excluding hydrogens is 276 g/mol. The molecule has 2 aromatic rings. The average Bonchev–Trinajstić information content (AvgIpc) is 2.47. The monoisotopic (exact) mass is 291 g/mol. The molecule has 110 valence electrons. The number of hydrogen-bond acceptors (Lipinski definition) is 3. The van der Waals surface area contributed by atoms with E-state index in [4.69, 9.17) is 0 Å². The minimum atomic E-state index is -0.728.